The van der Waals surface area contributed by atoms with Gasteiger partial charge in [-0.15, -0.1) is 0 Å². The summed E-state index contributed by atoms with van der Waals surface area (Å²) < 4.78 is 37.3. The van der Waals surface area contributed by atoms with Crippen molar-refractivity contribution < 1.29 is 13.2 Å². The molecular formula is C11H13F3N4. The van der Waals surface area contributed by atoms with Crippen molar-refractivity contribution in [1.82, 2.24) is 14.6 Å². The number of hydrogen-bond acceptors (Lipinski definition) is 3. The molecule has 2 aromatic heterocycles. The fourth-order valence-corrected chi connectivity index (χ4v) is 1.58. The number of nitrogens with one attached hydrogen (secondary N) is 1. The molecule has 0 atom stereocenters. The van der Waals surface area contributed by atoms with Crippen LogP contribution in [-0.2, 0) is 0 Å². The Kier molecular flexibility index (Phi) is 3.69. The number of aromatic nitrogens is 3. The van der Waals surface area contributed by atoms with Crippen LogP contribution in [0.1, 0.15) is 19.3 Å². The van der Waals surface area contributed by atoms with Gasteiger partial charge in [-0.3, -0.25) is 0 Å². The fourth-order valence-electron chi connectivity index (χ4n) is 1.58. The van der Waals surface area contributed by atoms with Crippen LogP contribution in [0.4, 0.5) is 19.0 Å². The fraction of sp³-hybridized carbons (Fsp3) is 0.455. The van der Waals surface area contributed by atoms with E-state index < -0.39 is 12.6 Å². The van der Waals surface area contributed by atoms with Crippen LogP contribution >= 0.6 is 0 Å². The summed E-state index contributed by atoms with van der Waals surface area (Å²) in [6, 6.07) is 3.50. The SMILES string of the molecule is FC(F)(F)CCCCNc1ccn2nccc2n1. The van der Waals surface area contributed by atoms with Gasteiger partial charge in [0.15, 0.2) is 5.65 Å². The summed E-state index contributed by atoms with van der Waals surface area (Å²) in [7, 11) is 0. The van der Waals surface area contributed by atoms with Gasteiger partial charge in [-0.25, -0.2) is 9.50 Å². The third-order valence-corrected chi connectivity index (χ3v) is 2.45. The Morgan fingerprint density at radius 1 is 1.22 bits per heavy atom. The van der Waals surface area contributed by atoms with Gasteiger partial charge in [0.2, 0.25) is 0 Å². The van der Waals surface area contributed by atoms with Crippen LogP contribution < -0.4 is 5.32 Å². The monoisotopic (exact) mass is 258 g/mol. The highest BCUT2D eigenvalue weighted by Gasteiger charge is 2.25. The summed E-state index contributed by atoms with van der Waals surface area (Å²) in [6.07, 6.45) is -0.814. The zero-order chi connectivity index (χ0) is 13.0. The Labute approximate surface area is 102 Å². The molecule has 0 saturated heterocycles. The first-order valence-electron chi connectivity index (χ1n) is 5.66. The average Bonchev–Trinajstić information content (AvgIpc) is 2.74. The zero-order valence-corrected chi connectivity index (χ0v) is 9.61. The third kappa shape index (κ3) is 3.61. The van der Waals surface area contributed by atoms with Crippen LogP contribution in [-0.4, -0.2) is 27.3 Å². The van der Waals surface area contributed by atoms with Crippen molar-refractivity contribution in [3.8, 4) is 0 Å². The molecular weight excluding hydrogens is 245 g/mol. The molecule has 2 heterocycles. The minimum atomic E-state index is -4.06. The first kappa shape index (κ1) is 12.7. The Bertz CT molecular complexity index is 506. The number of fused-ring (bicyclic) bond motifs is 1. The first-order valence-corrected chi connectivity index (χ1v) is 5.66. The summed E-state index contributed by atoms with van der Waals surface area (Å²) >= 11 is 0. The van der Waals surface area contributed by atoms with Crippen molar-refractivity contribution in [2.75, 3.05) is 11.9 Å². The van der Waals surface area contributed by atoms with E-state index in [1.54, 1.807) is 29.0 Å². The van der Waals surface area contributed by atoms with Crippen LogP contribution in [0.2, 0.25) is 0 Å². The second kappa shape index (κ2) is 5.24. The van der Waals surface area contributed by atoms with Gasteiger partial charge in [0.05, 0.1) is 6.20 Å². The van der Waals surface area contributed by atoms with E-state index >= 15 is 0 Å². The van der Waals surface area contributed by atoms with Crippen LogP contribution in [0.25, 0.3) is 5.65 Å². The molecule has 0 fully saturated rings. The van der Waals surface area contributed by atoms with E-state index in [-0.39, 0.29) is 6.42 Å². The molecule has 0 aliphatic carbocycles. The predicted octanol–water partition coefficient (Wildman–Crippen LogP) is 2.87. The number of hydrogen-bond donors (Lipinski definition) is 1. The van der Waals surface area contributed by atoms with E-state index in [2.05, 4.69) is 15.4 Å². The highest BCUT2D eigenvalue weighted by Crippen LogP contribution is 2.22. The highest BCUT2D eigenvalue weighted by molar-refractivity contribution is 5.45. The molecule has 0 amide bonds. The molecule has 0 unspecified atom stereocenters. The van der Waals surface area contributed by atoms with Crippen LogP contribution in [0.5, 0.6) is 0 Å². The van der Waals surface area contributed by atoms with Crippen molar-refractivity contribution in [2.45, 2.75) is 25.4 Å². The van der Waals surface area contributed by atoms with Gasteiger partial charge in [0.25, 0.3) is 0 Å². The number of nitrogens with zero attached hydrogens (tertiary/aromatic N) is 3. The lowest BCUT2D eigenvalue weighted by molar-refractivity contribution is -0.135. The summed E-state index contributed by atoms with van der Waals surface area (Å²) in [4.78, 5) is 4.25. The van der Waals surface area contributed by atoms with Gasteiger partial charge in [-0.2, -0.15) is 18.3 Å². The van der Waals surface area contributed by atoms with E-state index in [0.29, 0.717) is 24.4 Å². The number of rotatable bonds is 5. The summed E-state index contributed by atoms with van der Waals surface area (Å²) in [5, 5.41) is 6.99. The largest absolute Gasteiger partial charge is 0.389 e. The Morgan fingerprint density at radius 3 is 2.83 bits per heavy atom. The Morgan fingerprint density at radius 2 is 2.06 bits per heavy atom. The smallest absolute Gasteiger partial charge is 0.370 e. The van der Waals surface area contributed by atoms with E-state index in [1.165, 1.54) is 0 Å². The molecule has 7 heteroatoms. The molecule has 0 aromatic carbocycles. The van der Waals surface area contributed by atoms with Gasteiger partial charge in [-0.05, 0) is 18.9 Å². The number of alkyl halides is 3. The maximum atomic E-state index is 11.9. The van der Waals surface area contributed by atoms with Crippen molar-refractivity contribution in [3.63, 3.8) is 0 Å². The van der Waals surface area contributed by atoms with Gasteiger partial charge in [-0.1, -0.05) is 0 Å². The van der Waals surface area contributed by atoms with E-state index in [1.807, 2.05) is 0 Å². The number of halogens is 3. The molecule has 1 N–H and O–H groups in total. The Hall–Kier alpha value is -1.79. The van der Waals surface area contributed by atoms with Crippen molar-refractivity contribution in [1.29, 1.82) is 0 Å². The van der Waals surface area contributed by atoms with Crippen LogP contribution in [0.3, 0.4) is 0 Å². The van der Waals surface area contributed by atoms with Gasteiger partial charge < -0.3 is 5.32 Å². The summed E-state index contributed by atoms with van der Waals surface area (Å²) in [6.45, 7) is 0.480. The van der Waals surface area contributed by atoms with E-state index in [0.717, 1.165) is 0 Å². The Balaban J connectivity index is 1.76. The van der Waals surface area contributed by atoms with Gasteiger partial charge in [0, 0.05) is 25.2 Å². The predicted molar refractivity (Wildman–Crippen MR) is 61.4 cm³/mol. The second-order valence-corrected chi connectivity index (χ2v) is 3.95. The third-order valence-electron chi connectivity index (χ3n) is 2.45. The van der Waals surface area contributed by atoms with Crippen LogP contribution in [0, 0.1) is 0 Å². The molecule has 0 radical (unpaired) electrons. The molecule has 2 rings (SSSR count). The second-order valence-electron chi connectivity index (χ2n) is 3.95. The quantitative estimate of drug-likeness (QED) is 0.838. The number of unbranched alkanes of at least 4 members (excludes halogenated alkanes) is 1. The first-order chi connectivity index (χ1) is 8.54. The molecule has 0 aliphatic rings. The average molecular weight is 258 g/mol. The maximum absolute atomic E-state index is 11.9. The molecule has 18 heavy (non-hydrogen) atoms. The lowest BCUT2D eigenvalue weighted by atomic mass is 10.2. The zero-order valence-electron chi connectivity index (χ0n) is 9.61. The summed E-state index contributed by atoms with van der Waals surface area (Å²) in [5.41, 5.74) is 0.704. The number of anilines is 1. The van der Waals surface area contributed by atoms with Crippen molar-refractivity contribution >= 4 is 11.5 Å². The molecule has 0 bridgehead atoms. The molecule has 0 spiro atoms. The van der Waals surface area contributed by atoms with E-state index in [4.69, 9.17) is 0 Å². The normalized spacial score (nSPS) is 11.9. The maximum Gasteiger partial charge on any atom is 0.389 e. The highest BCUT2D eigenvalue weighted by atomic mass is 19.4. The summed E-state index contributed by atoms with van der Waals surface area (Å²) in [5.74, 6) is 0.648. The minimum Gasteiger partial charge on any atom is -0.370 e. The van der Waals surface area contributed by atoms with Crippen LogP contribution in [0.15, 0.2) is 24.5 Å². The molecule has 0 aliphatic heterocycles. The van der Waals surface area contributed by atoms with Crippen molar-refractivity contribution in [3.05, 3.63) is 24.5 Å². The molecule has 4 nitrogen and oxygen atoms in total. The lowest BCUT2D eigenvalue weighted by Crippen LogP contribution is -2.09. The molecule has 2 aromatic rings. The molecule has 98 valence electrons. The van der Waals surface area contributed by atoms with E-state index in [9.17, 15) is 13.2 Å². The standard InChI is InChI=1S/C11H13F3N4/c12-11(13,14)5-1-2-6-15-9-4-8-18-10(17-9)3-7-16-18/h3-4,7-8H,1-2,5-6H2,(H,15,17). The lowest BCUT2D eigenvalue weighted by Gasteiger charge is -2.07. The van der Waals surface area contributed by atoms with Crippen molar-refractivity contribution in [2.24, 2.45) is 0 Å². The van der Waals surface area contributed by atoms with Gasteiger partial charge >= 0.3 is 6.18 Å². The topological polar surface area (TPSA) is 42.2 Å². The molecule has 0 saturated carbocycles. The minimum absolute atomic E-state index is 0.130. The van der Waals surface area contributed by atoms with Gasteiger partial charge in [0.1, 0.15) is 5.82 Å².